The number of furan rings is 1. The minimum Gasteiger partial charge on any atom is -0.461 e. The number of halogens is 1. The molecule has 29 heavy (non-hydrogen) atoms. The molecule has 1 N–H and O–H groups in total. The molecule has 5 rings (SSSR count). The Hall–Kier alpha value is -3.32. The van der Waals surface area contributed by atoms with E-state index in [2.05, 4.69) is 14.9 Å². The Balaban J connectivity index is 1.42. The Labute approximate surface area is 171 Å². The van der Waals surface area contributed by atoms with Crippen LogP contribution in [0.2, 0.25) is 5.02 Å². The summed E-state index contributed by atoms with van der Waals surface area (Å²) in [6.07, 6.45) is 4.19. The molecule has 1 aromatic carbocycles. The molecule has 0 aliphatic carbocycles. The highest BCUT2D eigenvalue weighted by Gasteiger charge is 2.31. The Morgan fingerprint density at radius 2 is 2.14 bits per heavy atom. The second-order valence-corrected chi connectivity index (χ2v) is 7.39. The van der Waals surface area contributed by atoms with E-state index in [1.54, 1.807) is 29.5 Å². The predicted molar refractivity (Wildman–Crippen MR) is 111 cm³/mol. The van der Waals surface area contributed by atoms with E-state index >= 15 is 0 Å². The number of rotatable bonds is 3. The molecule has 8 heteroatoms. The lowest BCUT2D eigenvalue weighted by Gasteiger charge is -2.19. The van der Waals surface area contributed by atoms with Crippen molar-refractivity contribution in [2.75, 3.05) is 18.4 Å². The lowest BCUT2D eigenvalue weighted by Crippen LogP contribution is -2.33. The number of fused-ring (bicyclic) bond motifs is 1. The van der Waals surface area contributed by atoms with E-state index in [0.717, 1.165) is 23.4 Å². The molecule has 1 aliphatic heterocycles. The average Bonchev–Trinajstić information content (AvgIpc) is 3.46. The van der Waals surface area contributed by atoms with E-state index in [0.29, 0.717) is 29.6 Å². The van der Waals surface area contributed by atoms with Crippen LogP contribution in [0.25, 0.3) is 22.7 Å². The Morgan fingerprint density at radius 1 is 1.21 bits per heavy atom. The van der Waals surface area contributed by atoms with Crippen LogP contribution in [0.15, 0.2) is 65.4 Å². The maximum absolute atomic E-state index is 12.7. The molecule has 0 bridgehead atoms. The number of benzene rings is 1. The zero-order valence-electron chi connectivity index (χ0n) is 15.5. The van der Waals surface area contributed by atoms with Crippen molar-refractivity contribution in [3.05, 3.63) is 66.0 Å². The lowest BCUT2D eigenvalue weighted by molar-refractivity contribution is 0.221. The van der Waals surface area contributed by atoms with Gasteiger partial charge in [-0.25, -0.2) is 14.8 Å². The average molecular weight is 408 g/mol. The van der Waals surface area contributed by atoms with E-state index < -0.39 is 0 Å². The van der Waals surface area contributed by atoms with Crippen molar-refractivity contribution in [2.24, 2.45) is 0 Å². The molecular weight excluding hydrogens is 390 g/mol. The number of imidazole rings is 1. The van der Waals surface area contributed by atoms with Crippen molar-refractivity contribution >= 4 is 34.5 Å². The minimum absolute atomic E-state index is 0.0557. The smallest absolute Gasteiger partial charge is 0.321 e. The first-order valence-corrected chi connectivity index (χ1v) is 9.75. The molecule has 0 spiro atoms. The standard InChI is InChI=1S/C21H18ClN5O2/c22-14-4-1-5-15(12-14)24-21(28)26-10-8-16(13-26)27-19-17(6-2-9-23-19)25-20(27)18-7-3-11-29-18/h1-7,9,11-12,16H,8,10,13H2,(H,24,28). The first-order chi connectivity index (χ1) is 14.2. The number of nitrogens with one attached hydrogen (secondary N) is 1. The number of anilines is 1. The van der Waals surface area contributed by atoms with Crippen molar-refractivity contribution in [1.82, 2.24) is 19.4 Å². The first-order valence-electron chi connectivity index (χ1n) is 9.37. The van der Waals surface area contributed by atoms with E-state index in [-0.39, 0.29) is 12.1 Å². The van der Waals surface area contributed by atoms with Crippen LogP contribution in [0.3, 0.4) is 0 Å². The van der Waals surface area contributed by atoms with Gasteiger partial charge in [0.25, 0.3) is 0 Å². The molecule has 146 valence electrons. The molecular formula is C21H18ClN5O2. The summed E-state index contributed by atoms with van der Waals surface area (Å²) in [5, 5.41) is 3.50. The van der Waals surface area contributed by atoms with Crippen molar-refractivity contribution in [1.29, 1.82) is 0 Å². The summed E-state index contributed by atoms with van der Waals surface area (Å²) in [6.45, 7) is 1.20. The summed E-state index contributed by atoms with van der Waals surface area (Å²) < 4.78 is 7.68. The van der Waals surface area contributed by atoms with Gasteiger partial charge in [0.2, 0.25) is 0 Å². The van der Waals surface area contributed by atoms with Crippen LogP contribution in [0.1, 0.15) is 12.5 Å². The number of urea groups is 1. The topological polar surface area (TPSA) is 76.2 Å². The van der Waals surface area contributed by atoms with Gasteiger partial charge in [-0.2, -0.15) is 0 Å². The van der Waals surface area contributed by atoms with Crippen molar-refractivity contribution in [2.45, 2.75) is 12.5 Å². The van der Waals surface area contributed by atoms with Crippen molar-refractivity contribution in [3.63, 3.8) is 0 Å². The highest BCUT2D eigenvalue weighted by molar-refractivity contribution is 6.30. The number of carbonyl (C=O) groups is 1. The zero-order chi connectivity index (χ0) is 19.8. The summed E-state index contributed by atoms with van der Waals surface area (Å²) >= 11 is 6.01. The highest BCUT2D eigenvalue weighted by atomic mass is 35.5. The Kier molecular flexibility index (Phi) is 4.44. The second-order valence-electron chi connectivity index (χ2n) is 6.96. The third kappa shape index (κ3) is 3.34. The molecule has 1 saturated heterocycles. The fourth-order valence-electron chi connectivity index (χ4n) is 3.76. The van der Waals surface area contributed by atoms with Crippen LogP contribution in [-0.2, 0) is 0 Å². The fraction of sp³-hybridized carbons (Fsp3) is 0.190. The number of likely N-dealkylation sites (tertiary alicyclic amines) is 1. The number of amides is 2. The maximum Gasteiger partial charge on any atom is 0.321 e. The van der Waals surface area contributed by atoms with Crippen molar-refractivity contribution in [3.8, 4) is 11.6 Å². The normalized spacial score (nSPS) is 16.4. The van der Waals surface area contributed by atoms with Gasteiger partial charge in [-0.1, -0.05) is 17.7 Å². The Bertz CT molecular complexity index is 1170. The van der Waals surface area contributed by atoms with Crippen LogP contribution in [0.4, 0.5) is 10.5 Å². The number of aromatic nitrogens is 3. The van der Waals surface area contributed by atoms with Gasteiger partial charge in [0.15, 0.2) is 17.2 Å². The van der Waals surface area contributed by atoms with Crippen LogP contribution >= 0.6 is 11.6 Å². The summed E-state index contributed by atoms with van der Waals surface area (Å²) in [7, 11) is 0. The highest BCUT2D eigenvalue weighted by Crippen LogP contribution is 2.32. The molecule has 1 aliphatic rings. The molecule has 2 amide bonds. The van der Waals surface area contributed by atoms with Crippen LogP contribution in [-0.4, -0.2) is 38.6 Å². The number of carbonyl (C=O) groups excluding carboxylic acids is 1. The second kappa shape index (κ2) is 7.25. The largest absolute Gasteiger partial charge is 0.461 e. The van der Waals surface area contributed by atoms with Gasteiger partial charge >= 0.3 is 6.03 Å². The summed E-state index contributed by atoms with van der Waals surface area (Å²) in [4.78, 5) is 23.8. The van der Waals surface area contributed by atoms with Crippen LogP contribution in [0.5, 0.6) is 0 Å². The molecule has 0 saturated carbocycles. The fourth-order valence-corrected chi connectivity index (χ4v) is 3.95. The predicted octanol–water partition coefficient (Wildman–Crippen LogP) is 4.82. The van der Waals surface area contributed by atoms with Gasteiger partial charge in [-0.05, 0) is 48.9 Å². The SMILES string of the molecule is O=C(Nc1cccc(Cl)c1)N1CCC(n2c(-c3ccco3)nc3cccnc32)C1. The van der Waals surface area contributed by atoms with E-state index in [1.165, 1.54) is 0 Å². The number of hydrogen-bond donors (Lipinski definition) is 1. The maximum atomic E-state index is 12.7. The number of pyridine rings is 1. The Morgan fingerprint density at radius 3 is 2.97 bits per heavy atom. The molecule has 1 atom stereocenters. The molecule has 4 aromatic rings. The van der Waals surface area contributed by atoms with Gasteiger partial charge in [0.05, 0.1) is 12.3 Å². The molecule has 3 aromatic heterocycles. The molecule has 1 unspecified atom stereocenters. The van der Waals surface area contributed by atoms with Crippen LogP contribution in [0, 0.1) is 0 Å². The summed E-state index contributed by atoms with van der Waals surface area (Å²) in [5.74, 6) is 1.41. The molecule has 4 heterocycles. The van der Waals surface area contributed by atoms with Gasteiger partial charge in [0, 0.05) is 30.0 Å². The first kappa shape index (κ1) is 17.8. The monoisotopic (exact) mass is 407 g/mol. The van der Waals surface area contributed by atoms with Gasteiger partial charge in [0.1, 0.15) is 5.52 Å². The third-order valence-electron chi connectivity index (χ3n) is 5.08. The molecule has 0 radical (unpaired) electrons. The van der Waals surface area contributed by atoms with Gasteiger partial charge in [-0.3, -0.25) is 0 Å². The molecule has 1 fully saturated rings. The van der Waals surface area contributed by atoms with Crippen molar-refractivity contribution < 1.29 is 9.21 Å². The number of nitrogens with zero attached hydrogens (tertiary/aromatic N) is 4. The van der Waals surface area contributed by atoms with E-state index in [9.17, 15) is 4.79 Å². The van der Waals surface area contributed by atoms with Gasteiger partial charge < -0.3 is 19.2 Å². The number of hydrogen-bond acceptors (Lipinski definition) is 4. The molecule has 7 nitrogen and oxygen atoms in total. The quantitative estimate of drug-likeness (QED) is 0.528. The third-order valence-corrected chi connectivity index (χ3v) is 5.32. The van der Waals surface area contributed by atoms with Gasteiger partial charge in [-0.15, -0.1) is 0 Å². The zero-order valence-corrected chi connectivity index (χ0v) is 16.2. The lowest BCUT2D eigenvalue weighted by atomic mass is 10.2. The minimum atomic E-state index is -0.147. The summed E-state index contributed by atoms with van der Waals surface area (Å²) in [5.41, 5.74) is 2.28. The van der Waals surface area contributed by atoms with E-state index in [4.69, 9.17) is 21.0 Å². The summed E-state index contributed by atoms with van der Waals surface area (Å²) in [6, 6.07) is 14.6. The van der Waals surface area contributed by atoms with E-state index in [1.807, 2.05) is 36.4 Å². The van der Waals surface area contributed by atoms with Crippen LogP contribution < -0.4 is 5.32 Å².